The minimum atomic E-state index is 0.632. The first kappa shape index (κ1) is 13.8. The average Bonchev–Trinajstić information content (AvgIpc) is 2.89. The third-order valence-corrected chi connectivity index (χ3v) is 4.37. The number of hydrogen-bond acceptors (Lipinski definition) is 2. The van der Waals surface area contributed by atoms with Gasteiger partial charge < -0.3 is 4.42 Å². The maximum absolute atomic E-state index is 11.6. The fourth-order valence-electron chi connectivity index (χ4n) is 3.20. The smallest absolute Gasteiger partial charge is 0.154 e. The summed E-state index contributed by atoms with van der Waals surface area (Å²) in [6.45, 7) is 4.13. The summed E-state index contributed by atoms with van der Waals surface area (Å²) >= 11 is 0. The monoisotopic (exact) mass is 300 g/mol. The van der Waals surface area contributed by atoms with E-state index < -0.39 is 0 Å². The average molecular weight is 300 g/mol. The van der Waals surface area contributed by atoms with E-state index >= 15 is 0 Å². The summed E-state index contributed by atoms with van der Waals surface area (Å²) in [5.74, 6) is 1.46. The van der Waals surface area contributed by atoms with Crippen LogP contribution in [-0.4, -0.2) is 6.29 Å². The molecular weight excluding hydrogens is 284 g/mol. The highest BCUT2D eigenvalue weighted by Gasteiger charge is 2.22. The van der Waals surface area contributed by atoms with Gasteiger partial charge in [0.1, 0.15) is 11.5 Å². The maximum atomic E-state index is 11.6. The highest BCUT2D eigenvalue weighted by molar-refractivity contribution is 6.13. The molecule has 0 aromatic heterocycles. The minimum Gasteiger partial charge on any atom is -0.455 e. The van der Waals surface area contributed by atoms with Gasteiger partial charge in [-0.15, -0.1) is 0 Å². The molecule has 2 aromatic rings. The number of rotatable bonds is 2. The molecule has 0 N–H and O–H groups in total. The fourth-order valence-corrected chi connectivity index (χ4v) is 3.20. The van der Waals surface area contributed by atoms with Crippen molar-refractivity contribution >= 4 is 17.1 Å². The summed E-state index contributed by atoms with van der Waals surface area (Å²) in [7, 11) is 0. The Bertz CT molecular complexity index is 991. The van der Waals surface area contributed by atoms with Gasteiger partial charge >= 0.3 is 0 Å². The molecule has 0 radical (unpaired) electrons. The van der Waals surface area contributed by atoms with E-state index in [9.17, 15) is 4.79 Å². The van der Waals surface area contributed by atoms with Crippen LogP contribution in [0.4, 0.5) is 0 Å². The molecular formula is C21H16O2. The summed E-state index contributed by atoms with van der Waals surface area (Å²) < 4.78 is 6.14. The van der Waals surface area contributed by atoms with E-state index in [0.717, 1.165) is 39.5 Å². The lowest BCUT2D eigenvalue weighted by Gasteiger charge is -2.10. The van der Waals surface area contributed by atoms with Crippen LogP contribution in [0.5, 0.6) is 0 Å². The predicted octanol–water partition coefficient (Wildman–Crippen LogP) is 5.63. The summed E-state index contributed by atoms with van der Waals surface area (Å²) in [5.41, 5.74) is 5.00. The maximum Gasteiger partial charge on any atom is 0.154 e. The Kier molecular flexibility index (Phi) is 3.05. The molecule has 0 atom stereocenters. The van der Waals surface area contributed by atoms with Gasteiger partial charge in [0, 0.05) is 11.1 Å². The van der Waals surface area contributed by atoms with Crippen LogP contribution in [0.3, 0.4) is 0 Å². The minimum absolute atomic E-state index is 0.632. The Morgan fingerprint density at radius 1 is 0.913 bits per heavy atom. The van der Waals surface area contributed by atoms with Gasteiger partial charge in [-0.2, -0.15) is 0 Å². The zero-order chi connectivity index (χ0) is 16.0. The molecule has 0 saturated heterocycles. The summed E-state index contributed by atoms with van der Waals surface area (Å²) in [6.07, 6.45) is 0.895. The van der Waals surface area contributed by atoms with Crippen molar-refractivity contribution in [2.24, 2.45) is 0 Å². The zero-order valence-electron chi connectivity index (χ0n) is 13.1. The van der Waals surface area contributed by atoms with Gasteiger partial charge in [0.15, 0.2) is 6.29 Å². The van der Waals surface area contributed by atoms with Crippen LogP contribution >= 0.6 is 0 Å². The Labute approximate surface area is 134 Å². The molecule has 2 aliphatic rings. The molecule has 1 aliphatic heterocycles. The van der Waals surface area contributed by atoms with Gasteiger partial charge in [0.05, 0.1) is 5.56 Å². The van der Waals surface area contributed by atoms with E-state index in [0.29, 0.717) is 11.3 Å². The quantitative estimate of drug-likeness (QED) is 0.449. The number of aldehydes is 1. The van der Waals surface area contributed by atoms with Crippen molar-refractivity contribution in [2.75, 3.05) is 0 Å². The van der Waals surface area contributed by atoms with E-state index in [1.54, 1.807) is 0 Å². The van der Waals surface area contributed by atoms with Crippen molar-refractivity contribution < 1.29 is 9.21 Å². The summed E-state index contributed by atoms with van der Waals surface area (Å²) in [5, 5.41) is 2.02. The number of hydrogen-bond donors (Lipinski definition) is 0. The Morgan fingerprint density at radius 2 is 1.61 bits per heavy atom. The van der Waals surface area contributed by atoms with E-state index in [1.807, 2.05) is 42.5 Å². The van der Waals surface area contributed by atoms with Crippen LogP contribution in [0.2, 0.25) is 0 Å². The second-order valence-corrected chi connectivity index (χ2v) is 5.94. The highest BCUT2D eigenvalue weighted by atomic mass is 16.3. The molecule has 2 heteroatoms. The second kappa shape index (κ2) is 5.10. The normalized spacial score (nSPS) is 11.2. The topological polar surface area (TPSA) is 30.2 Å². The van der Waals surface area contributed by atoms with Crippen molar-refractivity contribution in [3.8, 4) is 22.6 Å². The lowest BCUT2D eigenvalue weighted by Crippen LogP contribution is -1.88. The molecule has 0 bridgehead atoms. The van der Waals surface area contributed by atoms with Crippen LogP contribution in [0.15, 0.2) is 59.0 Å². The van der Waals surface area contributed by atoms with Gasteiger partial charge in [-0.25, -0.2) is 0 Å². The van der Waals surface area contributed by atoms with Crippen molar-refractivity contribution in [3.05, 3.63) is 71.3 Å². The second-order valence-electron chi connectivity index (χ2n) is 5.94. The van der Waals surface area contributed by atoms with Crippen LogP contribution in [0.1, 0.15) is 21.5 Å². The first-order valence-electron chi connectivity index (χ1n) is 7.66. The molecule has 23 heavy (non-hydrogen) atoms. The lowest BCUT2D eigenvalue weighted by atomic mass is 10.0. The molecule has 0 unspecified atom stereocenters. The van der Waals surface area contributed by atoms with E-state index in [2.05, 4.69) is 26.0 Å². The van der Waals surface area contributed by atoms with E-state index in [4.69, 9.17) is 4.42 Å². The molecule has 0 fully saturated rings. The lowest BCUT2D eigenvalue weighted by molar-refractivity contribution is 0.112. The van der Waals surface area contributed by atoms with Gasteiger partial charge in [-0.05, 0) is 36.2 Å². The molecule has 4 rings (SSSR count). The molecule has 0 amide bonds. The zero-order valence-corrected chi connectivity index (χ0v) is 13.1. The largest absolute Gasteiger partial charge is 0.455 e. The van der Waals surface area contributed by atoms with Gasteiger partial charge in [0.25, 0.3) is 0 Å². The van der Waals surface area contributed by atoms with Crippen LogP contribution in [0, 0.1) is 13.8 Å². The molecule has 2 aromatic carbocycles. The number of fused-ring (bicyclic) bond motifs is 3. The third-order valence-electron chi connectivity index (χ3n) is 4.37. The SMILES string of the molecule is Cc1ccc(-c2cc(C)c3c4ccccc4c(C=O)c-3o2)cc1. The highest BCUT2D eigenvalue weighted by Crippen LogP contribution is 2.42. The summed E-state index contributed by atoms with van der Waals surface area (Å²) in [4.78, 5) is 11.6. The van der Waals surface area contributed by atoms with E-state index in [-0.39, 0.29) is 0 Å². The summed E-state index contributed by atoms with van der Waals surface area (Å²) in [6, 6.07) is 18.2. The Hall–Kier alpha value is -2.87. The number of aryl methyl sites for hydroxylation is 2. The van der Waals surface area contributed by atoms with Crippen molar-refractivity contribution in [1.82, 2.24) is 0 Å². The Morgan fingerprint density at radius 3 is 2.30 bits per heavy atom. The molecule has 1 aliphatic carbocycles. The van der Waals surface area contributed by atoms with Gasteiger partial charge in [-0.1, -0.05) is 54.1 Å². The van der Waals surface area contributed by atoms with Crippen molar-refractivity contribution in [3.63, 3.8) is 0 Å². The third kappa shape index (κ3) is 2.07. The van der Waals surface area contributed by atoms with Crippen LogP contribution < -0.4 is 0 Å². The molecule has 1 heterocycles. The first-order chi connectivity index (χ1) is 11.2. The number of carbonyl (C=O) groups excluding carboxylic acids is 1. The molecule has 2 nitrogen and oxygen atoms in total. The Balaban J connectivity index is 2.07. The molecule has 112 valence electrons. The van der Waals surface area contributed by atoms with Gasteiger partial charge in [-0.3, -0.25) is 4.79 Å². The molecule has 0 spiro atoms. The fraction of sp³-hybridized carbons (Fsp3) is 0.0952. The van der Waals surface area contributed by atoms with Crippen molar-refractivity contribution in [1.29, 1.82) is 0 Å². The predicted molar refractivity (Wildman–Crippen MR) is 93.1 cm³/mol. The first-order valence-corrected chi connectivity index (χ1v) is 7.66. The van der Waals surface area contributed by atoms with Crippen molar-refractivity contribution in [2.45, 2.75) is 13.8 Å². The molecule has 0 saturated carbocycles. The van der Waals surface area contributed by atoms with E-state index in [1.165, 1.54) is 5.56 Å². The van der Waals surface area contributed by atoms with Crippen LogP contribution in [-0.2, 0) is 0 Å². The number of benzene rings is 2. The number of carbonyl (C=O) groups is 1. The van der Waals surface area contributed by atoms with Gasteiger partial charge in [0.2, 0.25) is 0 Å². The van der Waals surface area contributed by atoms with Crippen LogP contribution in [0.25, 0.3) is 33.4 Å². The standard InChI is InChI=1S/C21H16O2/c1-13-7-9-15(10-8-13)19-11-14(2)20-17-6-4-3-5-16(17)18(12-22)21(20)23-19/h3-12H,1-2H3.